The second-order valence-corrected chi connectivity index (χ2v) is 3.67. The van der Waals surface area contributed by atoms with Crippen LogP contribution in [0.25, 0.3) is 0 Å². The van der Waals surface area contributed by atoms with E-state index >= 15 is 0 Å². The van der Waals surface area contributed by atoms with Crippen molar-refractivity contribution in [1.29, 1.82) is 0 Å². The third-order valence-corrected chi connectivity index (χ3v) is 2.49. The zero-order valence-corrected chi connectivity index (χ0v) is 9.28. The first kappa shape index (κ1) is 12.3. The summed E-state index contributed by atoms with van der Waals surface area (Å²) < 4.78 is 35.3. The van der Waals surface area contributed by atoms with Crippen LogP contribution in [-0.2, 0) is 14.3 Å². The first-order chi connectivity index (χ1) is 8.51. The number of esters is 1. The maximum Gasteiger partial charge on any atom is 0.408 e. The summed E-state index contributed by atoms with van der Waals surface area (Å²) in [6.07, 6.45) is -2.11. The predicted molar refractivity (Wildman–Crippen MR) is 54.5 cm³/mol. The number of cyclic esters (lactones) is 1. The molecule has 0 aliphatic carbocycles. The molecule has 0 spiro atoms. The molecule has 1 heterocycles. The summed E-state index contributed by atoms with van der Waals surface area (Å²) in [7, 11) is 1.12. The zero-order chi connectivity index (χ0) is 13.3. The molecule has 1 fully saturated rings. The van der Waals surface area contributed by atoms with Gasteiger partial charge in [-0.3, -0.25) is 0 Å². The van der Waals surface area contributed by atoms with Crippen LogP contribution in [0.3, 0.4) is 0 Å². The molecule has 18 heavy (non-hydrogen) atoms. The highest BCUT2D eigenvalue weighted by molar-refractivity contribution is 5.83. The normalized spacial score (nSPS) is 22.3. The van der Waals surface area contributed by atoms with Crippen molar-refractivity contribution >= 4 is 12.1 Å². The summed E-state index contributed by atoms with van der Waals surface area (Å²) >= 11 is 0. The molecule has 2 rings (SSSR count). The van der Waals surface area contributed by atoms with E-state index in [1.807, 2.05) is 0 Å². The minimum Gasteiger partial charge on any atom is -0.466 e. The second kappa shape index (κ2) is 4.59. The Morgan fingerprint density at radius 1 is 1.33 bits per heavy atom. The molecule has 1 aliphatic rings. The van der Waals surface area contributed by atoms with Crippen molar-refractivity contribution < 1.29 is 27.8 Å². The molecule has 0 radical (unpaired) electrons. The molecule has 1 aromatic rings. The SMILES string of the molecule is COC(=O)[C@@H]1OC(=O)N[C@H]1c1cc(F)cc(F)c1. The van der Waals surface area contributed by atoms with E-state index in [9.17, 15) is 18.4 Å². The lowest BCUT2D eigenvalue weighted by atomic mass is 10.0. The number of carbonyl (C=O) groups excluding carboxylic acids is 2. The standard InChI is InChI=1S/C11H9F2NO4/c1-17-10(15)9-8(14-11(16)18-9)5-2-6(12)4-7(13)3-5/h2-4,8-9H,1H3,(H,14,16)/t8-,9+/m0/s1. The molecule has 1 aliphatic heterocycles. The van der Waals surface area contributed by atoms with E-state index in [2.05, 4.69) is 10.1 Å². The maximum atomic E-state index is 13.1. The monoisotopic (exact) mass is 257 g/mol. The van der Waals surface area contributed by atoms with Gasteiger partial charge in [0.05, 0.1) is 7.11 Å². The summed E-state index contributed by atoms with van der Waals surface area (Å²) in [5.74, 6) is -2.42. The van der Waals surface area contributed by atoms with E-state index < -0.39 is 35.8 Å². The van der Waals surface area contributed by atoms with Crippen molar-refractivity contribution in [2.24, 2.45) is 0 Å². The number of amides is 1. The van der Waals surface area contributed by atoms with Crippen LogP contribution in [0.15, 0.2) is 18.2 Å². The topological polar surface area (TPSA) is 64.6 Å². The number of benzene rings is 1. The third kappa shape index (κ3) is 2.24. The molecule has 1 amide bonds. The lowest BCUT2D eigenvalue weighted by molar-refractivity contribution is -0.149. The van der Waals surface area contributed by atoms with E-state index in [0.717, 1.165) is 19.2 Å². The summed E-state index contributed by atoms with van der Waals surface area (Å²) in [5, 5.41) is 2.29. The quantitative estimate of drug-likeness (QED) is 0.811. The minimum atomic E-state index is -1.26. The van der Waals surface area contributed by atoms with Crippen molar-refractivity contribution in [3.05, 3.63) is 35.4 Å². The number of hydrogen-bond donors (Lipinski definition) is 1. The number of carbonyl (C=O) groups is 2. The number of ether oxygens (including phenoxy) is 2. The molecule has 5 nitrogen and oxygen atoms in total. The molecule has 1 N–H and O–H groups in total. The number of nitrogens with one attached hydrogen (secondary N) is 1. The summed E-state index contributed by atoms with van der Waals surface area (Å²) in [6, 6.07) is 1.74. The molecule has 2 atom stereocenters. The maximum absolute atomic E-state index is 13.1. The summed E-state index contributed by atoms with van der Waals surface area (Å²) in [4.78, 5) is 22.5. The number of methoxy groups -OCH3 is 1. The van der Waals surface area contributed by atoms with Gasteiger partial charge >= 0.3 is 12.1 Å². The van der Waals surface area contributed by atoms with E-state index in [4.69, 9.17) is 4.74 Å². The van der Waals surface area contributed by atoms with Crippen molar-refractivity contribution in [3.8, 4) is 0 Å². The molecule has 0 bridgehead atoms. The Balaban J connectivity index is 2.35. The zero-order valence-electron chi connectivity index (χ0n) is 9.28. The Labute approximate surface area is 101 Å². The van der Waals surface area contributed by atoms with Gasteiger partial charge in [-0.05, 0) is 17.7 Å². The molecule has 0 unspecified atom stereocenters. The Morgan fingerprint density at radius 2 is 1.94 bits per heavy atom. The van der Waals surface area contributed by atoms with Crippen LogP contribution in [0.4, 0.5) is 13.6 Å². The Kier molecular flexibility index (Phi) is 3.14. The van der Waals surface area contributed by atoms with Crippen molar-refractivity contribution in [2.75, 3.05) is 7.11 Å². The molecular weight excluding hydrogens is 248 g/mol. The molecule has 96 valence electrons. The highest BCUT2D eigenvalue weighted by Crippen LogP contribution is 2.26. The van der Waals surface area contributed by atoms with Gasteiger partial charge in [-0.15, -0.1) is 0 Å². The van der Waals surface area contributed by atoms with Crippen molar-refractivity contribution in [3.63, 3.8) is 0 Å². The van der Waals surface area contributed by atoms with Gasteiger partial charge in [-0.2, -0.15) is 0 Å². The fraction of sp³-hybridized carbons (Fsp3) is 0.273. The molecular formula is C11H9F2NO4. The van der Waals surface area contributed by atoms with Crippen LogP contribution in [0.2, 0.25) is 0 Å². The van der Waals surface area contributed by atoms with Crippen LogP contribution in [-0.4, -0.2) is 25.3 Å². The fourth-order valence-electron chi connectivity index (χ4n) is 1.73. The lowest BCUT2D eigenvalue weighted by Gasteiger charge is -2.15. The number of alkyl carbamates (subject to hydrolysis) is 1. The highest BCUT2D eigenvalue weighted by Gasteiger charge is 2.41. The predicted octanol–water partition coefficient (Wildman–Crippen LogP) is 1.29. The van der Waals surface area contributed by atoms with E-state index in [-0.39, 0.29) is 5.56 Å². The lowest BCUT2D eigenvalue weighted by Crippen LogP contribution is -2.30. The third-order valence-electron chi connectivity index (χ3n) is 2.49. The Bertz CT molecular complexity index is 486. The van der Waals surface area contributed by atoms with E-state index in [1.54, 1.807) is 0 Å². The van der Waals surface area contributed by atoms with Gasteiger partial charge in [0.2, 0.25) is 6.10 Å². The highest BCUT2D eigenvalue weighted by atomic mass is 19.1. The Morgan fingerprint density at radius 3 is 2.50 bits per heavy atom. The van der Waals surface area contributed by atoms with Gasteiger partial charge < -0.3 is 14.8 Å². The molecule has 7 heteroatoms. The van der Waals surface area contributed by atoms with Crippen molar-refractivity contribution in [1.82, 2.24) is 5.32 Å². The van der Waals surface area contributed by atoms with Crippen LogP contribution in [0, 0.1) is 11.6 Å². The van der Waals surface area contributed by atoms with Crippen molar-refractivity contribution in [2.45, 2.75) is 12.1 Å². The second-order valence-electron chi connectivity index (χ2n) is 3.67. The van der Waals surface area contributed by atoms with Gasteiger partial charge in [-0.1, -0.05) is 0 Å². The molecule has 1 saturated heterocycles. The first-order valence-corrected chi connectivity index (χ1v) is 5.02. The number of hydrogen-bond acceptors (Lipinski definition) is 4. The van der Waals surface area contributed by atoms with Crippen LogP contribution < -0.4 is 5.32 Å². The van der Waals surface area contributed by atoms with Crippen LogP contribution >= 0.6 is 0 Å². The van der Waals surface area contributed by atoms with Gasteiger partial charge in [-0.25, -0.2) is 18.4 Å². The van der Waals surface area contributed by atoms with E-state index in [1.165, 1.54) is 0 Å². The molecule has 0 saturated carbocycles. The molecule has 0 aromatic heterocycles. The average molecular weight is 257 g/mol. The number of halogens is 2. The summed E-state index contributed by atoms with van der Waals surface area (Å²) in [5.41, 5.74) is 0.0914. The fourth-order valence-corrected chi connectivity index (χ4v) is 1.73. The smallest absolute Gasteiger partial charge is 0.408 e. The van der Waals surface area contributed by atoms with Crippen LogP contribution in [0.5, 0.6) is 0 Å². The van der Waals surface area contributed by atoms with E-state index in [0.29, 0.717) is 6.07 Å². The minimum absolute atomic E-state index is 0.0914. The largest absolute Gasteiger partial charge is 0.466 e. The van der Waals surface area contributed by atoms with Gasteiger partial charge in [0.1, 0.15) is 17.7 Å². The molecule has 1 aromatic carbocycles. The van der Waals surface area contributed by atoms with Gasteiger partial charge in [0, 0.05) is 6.07 Å². The average Bonchev–Trinajstić information content (AvgIpc) is 2.69. The summed E-state index contributed by atoms with van der Waals surface area (Å²) in [6.45, 7) is 0. The van der Waals surface area contributed by atoms with Gasteiger partial charge in [0.25, 0.3) is 0 Å². The van der Waals surface area contributed by atoms with Gasteiger partial charge in [0.15, 0.2) is 0 Å². The van der Waals surface area contributed by atoms with Crippen LogP contribution in [0.1, 0.15) is 11.6 Å². The Hall–Kier alpha value is -2.18. The number of rotatable bonds is 2. The first-order valence-electron chi connectivity index (χ1n) is 5.02.